The second-order valence-corrected chi connectivity index (χ2v) is 5.95. The molecular formula is C14H24N4O7S. The topological polar surface area (TPSA) is 188 Å². The fourth-order valence-corrected chi connectivity index (χ4v) is 1.92. The van der Waals surface area contributed by atoms with Crippen molar-refractivity contribution in [3.8, 4) is 0 Å². The first-order valence-electron chi connectivity index (χ1n) is 7.71. The molecule has 26 heavy (non-hydrogen) atoms. The largest absolute Gasteiger partial charge is 0.481 e. The van der Waals surface area contributed by atoms with Crippen LogP contribution >= 0.6 is 12.6 Å². The molecular weight excluding hydrogens is 368 g/mol. The van der Waals surface area contributed by atoms with Gasteiger partial charge < -0.3 is 31.9 Å². The number of rotatable bonds is 11. The van der Waals surface area contributed by atoms with E-state index in [1.807, 2.05) is 0 Å². The Morgan fingerprint density at radius 1 is 0.923 bits per heavy atom. The Labute approximate surface area is 155 Å². The van der Waals surface area contributed by atoms with Gasteiger partial charge in [-0.15, -0.1) is 0 Å². The van der Waals surface area contributed by atoms with Gasteiger partial charge in [-0.1, -0.05) is 0 Å². The maximum atomic E-state index is 12.1. The summed E-state index contributed by atoms with van der Waals surface area (Å²) in [7, 11) is 0. The van der Waals surface area contributed by atoms with Crippen molar-refractivity contribution in [2.45, 2.75) is 50.9 Å². The number of aliphatic carboxylic acids is 2. The third kappa shape index (κ3) is 8.67. The lowest BCUT2D eigenvalue weighted by atomic mass is 10.1. The molecule has 0 aromatic heterocycles. The zero-order valence-corrected chi connectivity index (χ0v) is 15.3. The van der Waals surface area contributed by atoms with E-state index >= 15 is 0 Å². The molecule has 0 aliphatic carbocycles. The van der Waals surface area contributed by atoms with Gasteiger partial charge in [-0.05, 0) is 20.3 Å². The minimum Gasteiger partial charge on any atom is -0.481 e. The molecule has 11 nitrogen and oxygen atoms in total. The highest BCUT2D eigenvalue weighted by atomic mass is 32.1. The first-order chi connectivity index (χ1) is 12.0. The van der Waals surface area contributed by atoms with Gasteiger partial charge in [0.05, 0.1) is 6.04 Å². The van der Waals surface area contributed by atoms with Crippen LogP contribution in [-0.2, 0) is 24.0 Å². The normalized spacial score (nSPS) is 15.1. The van der Waals surface area contributed by atoms with Crippen LogP contribution in [0, 0.1) is 0 Å². The van der Waals surface area contributed by atoms with Crippen molar-refractivity contribution in [1.82, 2.24) is 16.0 Å². The summed E-state index contributed by atoms with van der Waals surface area (Å²) in [6, 6.07) is -4.40. The molecule has 0 aromatic carbocycles. The van der Waals surface area contributed by atoms with E-state index in [2.05, 4.69) is 28.6 Å². The molecule has 0 aliphatic heterocycles. The average Bonchev–Trinajstić information content (AvgIpc) is 2.56. The van der Waals surface area contributed by atoms with Crippen LogP contribution in [0.4, 0.5) is 0 Å². The summed E-state index contributed by atoms with van der Waals surface area (Å²) in [6.45, 7) is 2.61. The summed E-state index contributed by atoms with van der Waals surface area (Å²) in [6.07, 6.45) is -0.404. The van der Waals surface area contributed by atoms with E-state index in [-0.39, 0.29) is 18.6 Å². The zero-order chi connectivity index (χ0) is 20.4. The van der Waals surface area contributed by atoms with Crippen molar-refractivity contribution in [1.29, 1.82) is 0 Å². The predicted molar refractivity (Wildman–Crippen MR) is 93.5 cm³/mol. The monoisotopic (exact) mass is 392 g/mol. The number of amides is 3. The fraction of sp³-hybridized carbons (Fsp3) is 0.643. The highest BCUT2D eigenvalue weighted by Gasteiger charge is 2.26. The van der Waals surface area contributed by atoms with Crippen molar-refractivity contribution in [2.24, 2.45) is 5.73 Å². The van der Waals surface area contributed by atoms with E-state index in [1.54, 1.807) is 0 Å². The van der Waals surface area contributed by atoms with Crippen LogP contribution in [0.3, 0.4) is 0 Å². The van der Waals surface area contributed by atoms with Gasteiger partial charge in [0.1, 0.15) is 18.1 Å². The number of hydrogen-bond donors (Lipinski definition) is 7. The van der Waals surface area contributed by atoms with Crippen LogP contribution < -0.4 is 21.7 Å². The summed E-state index contributed by atoms with van der Waals surface area (Å²) in [5.41, 5.74) is 5.55. The quantitative estimate of drug-likeness (QED) is 0.191. The van der Waals surface area contributed by atoms with E-state index in [0.29, 0.717) is 0 Å². The van der Waals surface area contributed by atoms with E-state index in [1.165, 1.54) is 13.8 Å². The summed E-state index contributed by atoms with van der Waals surface area (Å²) in [5.74, 6) is -4.58. The van der Waals surface area contributed by atoms with Crippen molar-refractivity contribution in [3.63, 3.8) is 0 Å². The van der Waals surface area contributed by atoms with Gasteiger partial charge in [0.25, 0.3) is 0 Å². The van der Waals surface area contributed by atoms with Gasteiger partial charge in [0.2, 0.25) is 17.7 Å². The molecule has 7 N–H and O–H groups in total. The molecule has 0 spiro atoms. The van der Waals surface area contributed by atoms with Crippen molar-refractivity contribution in [3.05, 3.63) is 0 Å². The smallest absolute Gasteiger partial charge is 0.325 e. The Morgan fingerprint density at radius 2 is 1.46 bits per heavy atom. The molecule has 0 heterocycles. The number of thiol groups is 1. The van der Waals surface area contributed by atoms with Gasteiger partial charge in [-0.3, -0.25) is 24.0 Å². The average molecular weight is 392 g/mol. The van der Waals surface area contributed by atoms with Crippen LogP contribution in [0.5, 0.6) is 0 Å². The van der Waals surface area contributed by atoms with Gasteiger partial charge in [0.15, 0.2) is 0 Å². The number of carboxylic acids is 2. The molecule has 3 amide bonds. The first-order valence-corrected chi connectivity index (χ1v) is 8.35. The van der Waals surface area contributed by atoms with Crippen LogP contribution in [0.15, 0.2) is 0 Å². The second-order valence-electron chi connectivity index (χ2n) is 5.58. The number of hydrogen-bond acceptors (Lipinski definition) is 7. The van der Waals surface area contributed by atoms with Crippen molar-refractivity contribution in [2.75, 3.05) is 5.75 Å². The summed E-state index contributed by atoms with van der Waals surface area (Å²) < 4.78 is 0. The van der Waals surface area contributed by atoms with Crippen LogP contribution in [0.25, 0.3) is 0 Å². The standard InChI is InChI=1S/C14H24N4O7S/c1-6(11(21)17-7(2)14(24)25)16-13(23)9(5-26)18-12(22)8(15)3-4-10(19)20/h6-9,26H,3-5,15H2,1-2H3,(H,16,23)(H,17,21)(H,18,22)(H,19,20)(H,24,25). The first kappa shape index (κ1) is 23.7. The van der Waals surface area contributed by atoms with E-state index < -0.39 is 53.8 Å². The molecule has 0 fully saturated rings. The molecule has 0 bridgehead atoms. The number of nitrogens with one attached hydrogen (secondary N) is 3. The highest BCUT2D eigenvalue weighted by molar-refractivity contribution is 7.80. The van der Waals surface area contributed by atoms with Gasteiger partial charge in [0, 0.05) is 12.2 Å². The number of carbonyl (C=O) groups is 5. The Bertz CT molecular complexity index is 557. The molecule has 0 saturated carbocycles. The molecule has 148 valence electrons. The molecule has 4 atom stereocenters. The Morgan fingerprint density at radius 3 is 1.92 bits per heavy atom. The third-order valence-electron chi connectivity index (χ3n) is 3.30. The summed E-state index contributed by atoms with van der Waals surface area (Å²) >= 11 is 3.95. The van der Waals surface area contributed by atoms with Gasteiger partial charge >= 0.3 is 11.9 Å². The summed E-state index contributed by atoms with van der Waals surface area (Å²) in [4.78, 5) is 57.0. The lowest BCUT2D eigenvalue weighted by Gasteiger charge is -2.21. The Hall–Kier alpha value is -2.34. The van der Waals surface area contributed by atoms with Crippen LogP contribution in [0.1, 0.15) is 26.7 Å². The number of carboxylic acid groups (broad SMARTS) is 2. The van der Waals surface area contributed by atoms with Crippen LogP contribution in [0.2, 0.25) is 0 Å². The minimum absolute atomic E-state index is 0.0942. The maximum absolute atomic E-state index is 12.1. The molecule has 0 radical (unpaired) electrons. The fourth-order valence-electron chi connectivity index (χ4n) is 1.66. The highest BCUT2D eigenvalue weighted by Crippen LogP contribution is 1.98. The van der Waals surface area contributed by atoms with Crippen molar-refractivity contribution >= 4 is 42.3 Å². The van der Waals surface area contributed by atoms with E-state index in [4.69, 9.17) is 15.9 Å². The molecule has 0 aliphatic rings. The zero-order valence-electron chi connectivity index (χ0n) is 14.4. The van der Waals surface area contributed by atoms with E-state index in [9.17, 15) is 24.0 Å². The second kappa shape index (κ2) is 11.3. The molecule has 0 rings (SSSR count). The number of nitrogens with two attached hydrogens (primary N) is 1. The molecule has 0 saturated heterocycles. The lowest BCUT2D eigenvalue weighted by molar-refractivity contribution is -0.141. The maximum Gasteiger partial charge on any atom is 0.325 e. The van der Waals surface area contributed by atoms with Crippen molar-refractivity contribution < 1.29 is 34.2 Å². The summed E-state index contributed by atoms with van der Waals surface area (Å²) in [5, 5.41) is 24.2. The lowest BCUT2D eigenvalue weighted by Crippen LogP contribution is -2.56. The van der Waals surface area contributed by atoms with Crippen LogP contribution in [-0.4, -0.2) is 69.8 Å². The number of carbonyl (C=O) groups excluding carboxylic acids is 3. The van der Waals surface area contributed by atoms with Gasteiger partial charge in [-0.25, -0.2) is 0 Å². The van der Waals surface area contributed by atoms with E-state index in [0.717, 1.165) is 0 Å². The predicted octanol–water partition coefficient (Wildman–Crippen LogP) is -2.31. The SMILES string of the molecule is CC(NC(=O)C(C)NC(=O)C(CS)NC(=O)C(N)CCC(=O)O)C(=O)O. The Kier molecular flexibility index (Phi) is 10.3. The third-order valence-corrected chi connectivity index (χ3v) is 3.67. The molecule has 4 unspecified atom stereocenters. The molecule has 0 aromatic rings. The Balaban J connectivity index is 4.63. The molecule has 12 heteroatoms. The van der Waals surface area contributed by atoms with Gasteiger partial charge in [-0.2, -0.15) is 12.6 Å². The minimum atomic E-state index is -1.23.